The third-order valence-corrected chi connectivity index (χ3v) is 4.50. The second-order valence-electron chi connectivity index (χ2n) is 5.10. The van der Waals surface area contributed by atoms with Crippen LogP contribution in [-0.4, -0.2) is 18.0 Å². The van der Waals surface area contributed by atoms with Gasteiger partial charge in [0.15, 0.2) is 0 Å². The van der Waals surface area contributed by atoms with Crippen LogP contribution < -0.4 is 0 Å². The highest BCUT2D eigenvalue weighted by molar-refractivity contribution is 5.84. The average Bonchev–Trinajstić information content (AvgIpc) is 2.30. The maximum atomic E-state index is 11.7. The fourth-order valence-corrected chi connectivity index (χ4v) is 3.71. The van der Waals surface area contributed by atoms with E-state index in [2.05, 4.69) is 0 Å². The third kappa shape index (κ3) is 1.04. The Bertz CT molecular complexity index is 261. The van der Waals surface area contributed by atoms with E-state index in [-0.39, 0.29) is 11.5 Å². The van der Waals surface area contributed by atoms with Gasteiger partial charge in [-0.2, -0.15) is 0 Å². The number of hydrogen-bond donors (Lipinski definition) is 0. The molecule has 3 atom stereocenters. The standard InChI is InChI=1S/C12H18O2/c13-11-5-3-6-12-9(8-10(11)12)4-1-2-7-14-12/h9-10H,1-8H2. The number of carbonyl (C=O) groups is 1. The first kappa shape index (κ1) is 8.90. The number of rotatable bonds is 0. The van der Waals surface area contributed by atoms with E-state index >= 15 is 0 Å². The van der Waals surface area contributed by atoms with Crippen molar-refractivity contribution >= 4 is 5.78 Å². The van der Waals surface area contributed by atoms with Gasteiger partial charge in [-0.05, 0) is 38.0 Å². The van der Waals surface area contributed by atoms with Crippen LogP contribution in [0.3, 0.4) is 0 Å². The van der Waals surface area contributed by atoms with Crippen molar-refractivity contribution in [2.45, 2.75) is 50.5 Å². The molecule has 0 radical (unpaired) electrons. The summed E-state index contributed by atoms with van der Waals surface area (Å²) in [5.74, 6) is 1.47. The monoisotopic (exact) mass is 194 g/mol. The molecule has 2 saturated carbocycles. The Labute approximate surface area is 85.0 Å². The summed E-state index contributed by atoms with van der Waals surface area (Å²) in [5, 5.41) is 0. The Morgan fingerprint density at radius 2 is 2.21 bits per heavy atom. The summed E-state index contributed by atoms with van der Waals surface area (Å²) in [4.78, 5) is 11.7. The molecule has 3 aliphatic rings. The van der Waals surface area contributed by atoms with Gasteiger partial charge < -0.3 is 4.74 Å². The van der Waals surface area contributed by atoms with Crippen LogP contribution >= 0.6 is 0 Å². The van der Waals surface area contributed by atoms with Gasteiger partial charge in [0.05, 0.1) is 5.60 Å². The highest BCUT2D eigenvalue weighted by Gasteiger charge is 2.59. The predicted octanol–water partition coefficient (Wildman–Crippen LogP) is 2.31. The summed E-state index contributed by atoms with van der Waals surface area (Å²) < 4.78 is 6.04. The molecule has 2 heteroatoms. The van der Waals surface area contributed by atoms with E-state index in [1.165, 1.54) is 19.3 Å². The summed E-state index contributed by atoms with van der Waals surface area (Å²) >= 11 is 0. The molecule has 2 aliphatic carbocycles. The molecule has 1 spiro atoms. The zero-order valence-electron chi connectivity index (χ0n) is 8.63. The van der Waals surface area contributed by atoms with E-state index in [0.29, 0.717) is 11.7 Å². The van der Waals surface area contributed by atoms with Gasteiger partial charge in [0, 0.05) is 18.9 Å². The molecule has 0 aromatic rings. The molecule has 0 bridgehead atoms. The predicted molar refractivity (Wildman–Crippen MR) is 53.0 cm³/mol. The van der Waals surface area contributed by atoms with Crippen molar-refractivity contribution < 1.29 is 9.53 Å². The lowest BCUT2D eigenvalue weighted by molar-refractivity contribution is -0.202. The topological polar surface area (TPSA) is 26.3 Å². The molecule has 0 N–H and O–H groups in total. The van der Waals surface area contributed by atoms with E-state index in [9.17, 15) is 4.79 Å². The summed E-state index contributed by atoms with van der Waals surface area (Å²) in [6, 6.07) is 0. The van der Waals surface area contributed by atoms with Gasteiger partial charge in [-0.1, -0.05) is 6.42 Å². The molecule has 2 nitrogen and oxygen atoms in total. The highest BCUT2D eigenvalue weighted by Crippen LogP contribution is 2.56. The quantitative estimate of drug-likeness (QED) is 0.591. The molecule has 78 valence electrons. The van der Waals surface area contributed by atoms with Gasteiger partial charge in [0.1, 0.15) is 5.78 Å². The number of ketones is 1. The normalized spacial score (nSPS) is 47.3. The van der Waals surface area contributed by atoms with Crippen LogP contribution in [0.2, 0.25) is 0 Å². The largest absolute Gasteiger partial charge is 0.374 e. The summed E-state index contributed by atoms with van der Waals surface area (Å²) in [7, 11) is 0. The number of hydrogen-bond acceptors (Lipinski definition) is 2. The van der Waals surface area contributed by atoms with E-state index in [1.54, 1.807) is 0 Å². The molecule has 3 fully saturated rings. The Kier molecular flexibility index (Phi) is 1.94. The van der Waals surface area contributed by atoms with Crippen molar-refractivity contribution in [2.75, 3.05) is 6.61 Å². The molecule has 1 saturated heterocycles. The SMILES string of the molecule is O=C1CCCC23OCCCCC2CC13. The van der Waals surface area contributed by atoms with Gasteiger partial charge in [-0.3, -0.25) is 4.79 Å². The molecule has 14 heavy (non-hydrogen) atoms. The smallest absolute Gasteiger partial charge is 0.138 e. The van der Waals surface area contributed by atoms with Crippen molar-refractivity contribution in [1.82, 2.24) is 0 Å². The maximum absolute atomic E-state index is 11.7. The minimum atomic E-state index is 0.0197. The number of carbonyl (C=O) groups excluding carboxylic acids is 1. The molecule has 3 rings (SSSR count). The lowest BCUT2D eigenvalue weighted by Gasteiger charge is -2.56. The molecular weight excluding hydrogens is 176 g/mol. The fourth-order valence-electron chi connectivity index (χ4n) is 3.71. The summed E-state index contributed by atoms with van der Waals surface area (Å²) in [5.41, 5.74) is 0.0197. The summed E-state index contributed by atoms with van der Waals surface area (Å²) in [6.45, 7) is 0.889. The average molecular weight is 194 g/mol. The Balaban J connectivity index is 1.86. The Morgan fingerprint density at radius 1 is 1.29 bits per heavy atom. The van der Waals surface area contributed by atoms with E-state index in [0.717, 1.165) is 32.3 Å². The number of Topliss-reactive ketones (excluding diaryl/α,β-unsaturated/α-hetero) is 1. The first-order valence-electron chi connectivity index (χ1n) is 5.99. The second kappa shape index (κ2) is 3.06. The van der Waals surface area contributed by atoms with Crippen molar-refractivity contribution in [3.63, 3.8) is 0 Å². The van der Waals surface area contributed by atoms with Crippen molar-refractivity contribution in [3.05, 3.63) is 0 Å². The Morgan fingerprint density at radius 3 is 3.14 bits per heavy atom. The molecule has 1 heterocycles. The van der Waals surface area contributed by atoms with Gasteiger partial charge in [0.25, 0.3) is 0 Å². The van der Waals surface area contributed by atoms with Gasteiger partial charge in [0.2, 0.25) is 0 Å². The fraction of sp³-hybridized carbons (Fsp3) is 0.917. The van der Waals surface area contributed by atoms with E-state index in [4.69, 9.17) is 4.74 Å². The van der Waals surface area contributed by atoms with Gasteiger partial charge in [-0.25, -0.2) is 0 Å². The van der Waals surface area contributed by atoms with Crippen LogP contribution in [0.5, 0.6) is 0 Å². The van der Waals surface area contributed by atoms with Crippen molar-refractivity contribution in [1.29, 1.82) is 0 Å². The minimum absolute atomic E-state index is 0.0197. The number of ether oxygens (including phenoxy) is 1. The molecule has 0 aromatic heterocycles. The van der Waals surface area contributed by atoms with E-state index < -0.39 is 0 Å². The Hall–Kier alpha value is -0.370. The molecular formula is C12H18O2. The minimum Gasteiger partial charge on any atom is -0.374 e. The molecule has 0 aromatic carbocycles. The van der Waals surface area contributed by atoms with Gasteiger partial charge >= 0.3 is 0 Å². The third-order valence-electron chi connectivity index (χ3n) is 4.50. The van der Waals surface area contributed by atoms with Crippen LogP contribution in [0, 0.1) is 11.8 Å². The lowest BCUT2D eigenvalue weighted by atomic mass is 9.53. The van der Waals surface area contributed by atoms with Gasteiger partial charge in [-0.15, -0.1) is 0 Å². The molecule has 3 unspecified atom stereocenters. The van der Waals surface area contributed by atoms with Crippen LogP contribution in [0.4, 0.5) is 0 Å². The van der Waals surface area contributed by atoms with Crippen molar-refractivity contribution in [3.8, 4) is 0 Å². The maximum Gasteiger partial charge on any atom is 0.138 e. The van der Waals surface area contributed by atoms with Crippen LogP contribution in [0.15, 0.2) is 0 Å². The lowest BCUT2D eigenvalue weighted by Crippen LogP contribution is -2.61. The van der Waals surface area contributed by atoms with E-state index in [1.807, 2.05) is 0 Å². The molecule has 1 aliphatic heterocycles. The first-order valence-corrected chi connectivity index (χ1v) is 5.99. The zero-order valence-corrected chi connectivity index (χ0v) is 8.63. The summed E-state index contributed by atoms with van der Waals surface area (Å²) in [6.07, 6.45) is 7.93. The first-order chi connectivity index (χ1) is 6.83. The van der Waals surface area contributed by atoms with Crippen LogP contribution in [0.1, 0.15) is 44.9 Å². The highest BCUT2D eigenvalue weighted by atomic mass is 16.5. The second-order valence-corrected chi connectivity index (χ2v) is 5.10. The van der Waals surface area contributed by atoms with Crippen molar-refractivity contribution in [2.24, 2.45) is 11.8 Å². The zero-order chi connectivity index (χ0) is 9.60. The van der Waals surface area contributed by atoms with Crippen LogP contribution in [0.25, 0.3) is 0 Å². The van der Waals surface area contributed by atoms with Crippen LogP contribution in [-0.2, 0) is 9.53 Å². The molecule has 0 amide bonds.